The number of fused-ring (bicyclic) bond motifs is 1. The molecule has 8 heteroatoms. The van der Waals surface area contributed by atoms with E-state index in [1.165, 1.54) is 23.5 Å². The van der Waals surface area contributed by atoms with Crippen LogP contribution in [-0.4, -0.2) is 14.3 Å². The van der Waals surface area contributed by atoms with E-state index in [1.807, 2.05) is 66.7 Å². The van der Waals surface area contributed by atoms with Crippen molar-refractivity contribution in [3.63, 3.8) is 0 Å². The number of benzene rings is 2. The van der Waals surface area contributed by atoms with Crippen molar-refractivity contribution in [2.75, 3.05) is 0 Å². The van der Waals surface area contributed by atoms with Gasteiger partial charge in [0.25, 0.3) is 0 Å². The molecule has 5 nitrogen and oxygen atoms in total. The molecule has 0 N–H and O–H groups in total. The zero-order valence-electron chi connectivity index (χ0n) is 14.5. The molecule has 4 rings (SSSR count). The van der Waals surface area contributed by atoms with Gasteiger partial charge in [-0.05, 0) is 51.2 Å². The monoisotopic (exact) mass is 471 g/mol. The molecule has 0 aliphatic rings. The van der Waals surface area contributed by atoms with Gasteiger partial charge in [0, 0.05) is 15.5 Å². The van der Waals surface area contributed by atoms with Crippen molar-refractivity contribution >= 4 is 50.9 Å². The Morgan fingerprint density at radius 3 is 2.32 bits per heavy atom. The summed E-state index contributed by atoms with van der Waals surface area (Å²) in [6, 6.07) is 21.7. The van der Waals surface area contributed by atoms with Crippen LogP contribution in [-0.2, 0) is 5.75 Å². The predicted molar refractivity (Wildman–Crippen MR) is 116 cm³/mol. The van der Waals surface area contributed by atoms with E-state index in [-0.39, 0.29) is 10.7 Å². The lowest BCUT2D eigenvalue weighted by Crippen LogP contribution is -1.97. The van der Waals surface area contributed by atoms with Crippen molar-refractivity contribution in [2.45, 2.75) is 20.4 Å². The maximum absolute atomic E-state index is 11.8. The normalized spacial score (nSPS) is 11.0. The Kier molecular flexibility index (Phi) is 5.70. The molecule has 0 saturated carbocycles. The summed E-state index contributed by atoms with van der Waals surface area (Å²) in [4.78, 5) is 19.1. The highest BCUT2D eigenvalue weighted by Gasteiger charge is 2.25. The van der Waals surface area contributed by atoms with Crippen molar-refractivity contribution in [3.05, 3.63) is 93.2 Å². The van der Waals surface area contributed by atoms with Gasteiger partial charge < -0.3 is 10.1 Å². The first-order chi connectivity index (χ1) is 13.6. The molecule has 0 bridgehead atoms. The summed E-state index contributed by atoms with van der Waals surface area (Å²) < 4.78 is 2.33. The molecule has 0 radical (unpaired) electrons. The van der Waals surface area contributed by atoms with Crippen LogP contribution in [0, 0.1) is 10.1 Å². The third-order valence-electron chi connectivity index (χ3n) is 3.96. The van der Waals surface area contributed by atoms with Gasteiger partial charge in [-0.1, -0.05) is 48.2 Å². The Balaban J connectivity index is 1.76. The molecule has 4 aromatic rings. The fourth-order valence-electron chi connectivity index (χ4n) is 2.77. The average molecular weight is 472 g/mol. The number of hydrogen-bond acceptors (Lipinski definition) is 5. The van der Waals surface area contributed by atoms with Crippen molar-refractivity contribution in [1.29, 1.82) is 0 Å². The van der Waals surface area contributed by atoms with Crippen LogP contribution in [0.15, 0.2) is 92.1 Å². The lowest BCUT2D eigenvalue weighted by Gasteiger charge is -2.02. The van der Waals surface area contributed by atoms with Gasteiger partial charge in [-0.3, -0.25) is 0 Å². The van der Waals surface area contributed by atoms with Crippen LogP contribution < -0.4 is 0 Å². The fraction of sp³-hybridized carbons (Fsp3) is 0.0500. The summed E-state index contributed by atoms with van der Waals surface area (Å²) in [5.74, 6) is 0.435. The van der Waals surface area contributed by atoms with Crippen LogP contribution in [0.4, 0.5) is 5.82 Å². The van der Waals surface area contributed by atoms with Gasteiger partial charge in [0.15, 0.2) is 0 Å². The summed E-state index contributed by atoms with van der Waals surface area (Å²) in [5, 5.41) is 11.8. The first kappa shape index (κ1) is 19.0. The van der Waals surface area contributed by atoms with Crippen LogP contribution in [0.5, 0.6) is 0 Å². The zero-order valence-corrected chi connectivity index (χ0v) is 17.7. The predicted octanol–water partition coefficient (Wildman–Crippen LogP) is 6.45. The summed E-state index contributed by atoms with van der Waals surface area (Å²) in [6.45, 7) is 0. The minimum absolute atomic E-state index is 0.00893. The quantitative estimate of drug-likeness (QED) is 0.183. The van der Waals surface area contributed by atoms with E-state index in [4.69, 9.17) is 0 Å². The molecule has 2 heterocycles. The second kappa shape index (κ2) is 8.38. The lowest BCUT2D eigenvalue weighted by atomic mass is 10.4. The van der Waals surface area contributed by atoms with E-state index in [9.17, 15) is 10.1 Å². The molecule has 0 aliphatic heterocycles. The van der Waals surface area contributed by atoms with Crippen LogP contribution in [0.2, 0.25) is 0 Å². The van der Waals surface area contributed by atoms with Crippen LogP contribution in [0.25, 0.3) is 5.65 Å². The molecule has 2 aromatic heterocycles. The highest BCUT2D eigenvalue weighted by atomic mass is 79.9. The molecule has 0 amide bonds. The van der Waals surface area contributed by atoms with Gasteiger partial charge in [-0.25, -0.2) is 4.98 Å². The number of nitrogens with zero attached hydrogens (tertiary/aromatic N) is 3. The summed E-state index contributed by atoms with van der Waals surface area (Å²) >= 11 is 6.55. The van der Waals surface area contributed by atoms with E-state index >= 15 is 0 Å². The molecule has 0 spiro atoms. The maximum atomic E-state index is 11.8. The molecular weight excluding hydrogens is 458 g/mol. The number of thioether (sulfide) groups is 1. The maximum Gasteiger partial charge on any atom is 0.351 e. The number of nitro groups is 1. The molecule has 0 unspecified atom stereocenters. The second-order valence-electron chi connectivity index (χ2n) is 5.87. The van der Waals surface area contributed by atoms with E-state index in [0.29, 0.717) is 17.1 Å². The Labute approximate surface area is 178 Å². The molecule has 140 valence electrons. The number of aromatic nitrogens is 2. The van der Waals surface area contributed by atoms with E-state index in [0.717, 1.165) is 19.2 Å². The van der Waals surface area contributed by atoms with Crippen molar-refractivity contribution < 1.29 is 4.92 Å². The van der Waals surface area contributed by atoms with Crippen LogP contribution >= 0.6 is 39.5 Å². The Morgan fingerprint density at radius 2 is 1.68 bits per heavy atom. The van der Waals surface area contributed by atoms with Crippen molar-refractivity contribution in [2.24, 2.45) is 0 Å². The molecular formula is C20H14BrN3O2S2. The molecule has 0 atom stereocenters. The van der Waals surface area contributed by atoms with Crippen molar-refractivity contribution in [1.82, 2.24) is 9.38 Å². The van der Waals surface area contributed by atoms with E-state index < -0.39 is 0 Å². The summed E-state index contributed by atoms with van der Waals surface area (Å²) in [6.07, 6.45) is 1.70. The summed E-state index contributed by atoms with van der Waals surface area (Å²) in [5.41, 5.74) is 1.05. The Morgan fingerprint density at radius 1 is 1.04 bits per heavy atom. The van der Waals surface area contributed by atoms with Crippen molar-refractivity contribution in [3.8, 4) is 0 Å². The van der Waals surface area contributed by atoms with Gasteiger partial charge in [0.05, 0.1) is 9.37 Å². The first-order valence-electron chi connectivity index (χ1n) is 8.37. The van der Waals surface area contributed by atoms with Crippen LogP contribution in [0.3, 0.4) is 0 Å². The summed E-state index contributed by atoms with van der Waals surface area (Å²) in [7, 11) is 0. The molecule has 28 heavy (non-hydrogen) atoms. The van der Waals surface area contributed by atoms with Gasteiger partial charge >= 0.3 is 5.82 Å². The molecule has 0 aliphatic carbocycles. The zero-order chi connectivity index (χ0) is 19.5. The van der Waals surface area contributed by atoms with Gasteiger partial charge in [0.2, 0.25) is 5.65 Å². The number of halogens is 1. The Hall–Kier alpha value is -2.29. The number of hydrogen-bond donors (Lipinski definition) is 0. The van der Waals surface area contributed by atoms with Gasteiger partial charge in [-0.15, -0.1) is 11.8 Å². The highest BCUT2D eigenvalue weighted by molar-refractivity contribution is 9.10. The highest BCUT2D eigenvalue weighted by Crippen LogP contribution is 2.36. The first-order valence-corrected chi connectivity index (χ1v) is 11.0. The lowest BCUT2D eigenvalue weighted by molar-refractivity contribution is -0.391. The smallest absolute Gasteiger partial charge is 0.351 e. The minimum Gasteiger partial charge on any atom is -0.358 e. The van der Waals surface area contributed by atoms with E-state index in [1.54, 1.807) is 10.6 Å². The number of rotatable bonds is 6. The van der Waals surface area contributed by atoms with Gasteiger partial charge in [0.1, 0.15) is 11.9 Å². The van der Waals surface area contributed by atoms with Crippen LogP contribution in [0.1, 0.15) is 5.69 Å². The topological polar surface area (TPSA) is 60.4 Å². The van der Waals surface area contributed by atoms with E-state index in [2.05, 4.69) is 20.9 Å². The third-order valence-corrected chi connectivity index (χ3v) is 6.45. The number of pyridine rings is 1. The van der Waals surface area contributed by atoms with Gasteiger partial charge in [-0.2, -0.15) is 4.40 Å². The Bertz CT molecular complexity index is 1130. The molecule has 2 aromatic carbocycles. The SMILES string of the molecule is O=[N+]([O-])c1c(CSc2ccccc2)nc2c(Sc3ccccc3)cc(Br)cn12. The fourth-order valence-corrected chi connectivity index (χ4v) is 5.17. The standard InChI is InChI=1S/C20H14BrN3O2S2/c21-14-11-18(28-16-9-5-2-6-10-16)19-22-17(20(24(25)26)23(19)12-14)13-27-15-7-3-1-4-8-15/h1-12H,13H2. The number of imidazole rings is 1. The second-order valence-corrected chi connectivity index (χ2v) is 8.95. The third kappa shape index (κ3) is 4.09. The largest absolute Gasteiger partial charge is 0.358 e. The molecule has 0 fully saturated rings. The molecule has 0 saturated heterocycles. The minimum atomic E-state index is -0.357. The average Bonchev–Trinajstić information content (AvgIpc) is 3.06.